The van der Waals surface area contributed by atoms with E-state index in [2.05, 4.69) is 20.6 Å². The van der Waals surface area contributed by atoms with Crippen LogP contribution in [0.3, 0.4) is 0 Å². The van der Waals surface area contributed by atoms with Crippen molar-refractivity contribution in [1.82, 2.24) is 15.3 Å². The van der Waals surface area contributed by atoms with Crippen LogP contribution in [0.15, 0.2) is 48.8 Å². The summed E-state index contributed by atoms with van der Waals surface area (Å²) in [5.74, 6) is -0.833. The molecule has 0 atom stereocenters. The Bertz CT molecular complexity index is 983. The molecule has 0 unspecified atom stereocenters. The van der Waals surface area contributed by atoms with Crippen molar-refractivity contribution in [3.8, 4) is 5.88 Å². The molecule has 0 bridgehead atoms. The van der Waals surface area contributed by atoms with Gasteiger partial charge in [-0.1, -0.05) is 17.7 Å². The lowest BCUT2D eigenvalue weighted by molar-refractivity contribution is -0.137. The average Bonchev–Trinajstić information content (AvgIpc) is 3.02. The van der Waals surface area contributed by atoms with Crippen molar-refractivity contribution in [2.24, 2.45) is 0 Å². The smallest absolute Gasteiger partial charge is 0.313 e. The van der Waals surface area contributed by atoms with E-state index in [1.165, 1.54) is 0 Å². The number of pyridine rings is 1. The third-order valence-electron chi connectivity index (χ3n) is 4.45. The van der Waals surface area contributed by atoms with E-state index in [0.717, 1.165) is 10.9 Å². The van der Waals surface area contributed by atoms with Crippen LogP contribution in [0.1, 0.15) is 12.8 Å². The van der Waals surface area contributed by atoms with Crippen LogP contribution in [0.5, 0.6) is 5.88 Å². The predicted octanol–water partition coefficient (Wildman–Crippen LogP) is 2.88. The fourth-order valence-electron chi connectivity index (χ4n) is 2.99. The maximum atomic E-state index is 12.2. The normalized spacial score (nSPS) is 18.6. The van der Waals surface area contributed by atoms with Crippen LogP contribution in [0.25, 0.3) is 10.9 Å². The second kappa shape index (κ2) is 7.28. The molecule has 7 nitrogen and oxygen atoms in total. The monoisotopic (exact) mass is 384 g/mol. The van der Waals surface area contributed by atoms with Crippen molar-refractivity contribution in [3.63, 3.8) is 0 Å². The molecule has 1 aromatic carbocycles. The van der Waals surface area contributed by atoms with E-state index in [1.54, 1.807) is 30.6 Å². The number of H-pyrrole nitrogens is 1. The van der Waals surface area contributed by atoms with E-state index in [4.69, 9.17) is 16.3 Å². The van der Waals surface area contributed by atoms with Gasteiger partial charge in [0.05, 0.1) is 5.69 Å². The van der Waals surface area contributed by atoms with Crippen LogP contribution in [0.4, 0.5) is 5.69 Å². The number of aromatic nitrogens is 2. The zero-order valence-corrected chi connectivity index (χ0v) is 15.0. The van der Waals surface area contributed by atoms with Crippen LogP contribution in [0, 0.1) is 0 Å². The first-order valence-electron chi connectivity index (χ1n) is 8.54. The molecule has 1 fully saturated rings. The summed E-state index contributed by atoms with van der Waals surface area (Å²) < 4.78 is 5.69. The molecule has 0 aliphatic heterocycles. The summed E-state index contributed by atoms with van der Waals surface area (Å²) in [7, 11) is 0. The van der Waals surface area contributed by atoms with Gasteiger partial charge in [0.25, 0.3) is 0 Å². The molecular formula is C19H17ClN4O3. The van der Waals surface area contributed by atoms with Gasteiger partial charge in [-0.3, -0.25) is 9.59 Å². The number of hydrogen-bond acceptors (Lipinski definition) is 4. The van der Waals surface area contributed by atoms with Crippen molar-refractivity contribution < 1.29 is 14.3 Å². The van der Waals surface area contributed by atoms with Crippen molar-refractivity contribution in [1.29, 1.82) is 0 Å². The molecule has 27 heavy (non-hydrogen) atoms. The van der Waals surface area contributed by atoms with Crippen LogP contribution in [0.2, 0.25) is 5.02 Å². The fraction of sp³-hybridized carbons (Fsp3) is 0.211. The van der Waals surface area contributed by atoms with Gasteiger partial charge < -0.3 is 20.4 Å². The summed E-state index contributed by atoms with van der Waals surface area (Å²) in [5, 5.41) is 6.63. The second-order valence-corrected chi connectivity index (χ2v) is 6.83. The van der Waals surface area contributed by atoms with E-state index in [-0.39, 0.29) is 12.1 Å². The van der Waals surface area contributed by atoms with Gasteiger partial charge in [-0.05, 0) is 24.3 Å². The molecule has 0 spiro atoms. The topological polar surface area (TPSA) is 96.1 Å². The number of fused-ring (bicyclic) bond motifs is 1. The van der Waals surface area contributed by atoms with Gasteiger partial charge >= 0.3 is 11.8 Å². The summed E-state index contributed by atoms with van der Waals surface area (Å²) in [4.78, 5) is 31.4. The Morgan fingerprint density at radius 1 is 1.19 bits per heavy atom. The molecule has 3 aromatic rings. The SMILES string of the molecule is O=C(Nc1c[nH]c2ccc(Cl)cc12)C(=O)N[C@H]1C[C@H](Oc2ccccn2)C1. The number of ether oxygens (including phenoxy) is 1. The van der Waals surface area contributed by atoms with E-state index < -0.39 is 11.8 Å². The molecule has 0 radical (unpaired) electrons. The van der Waals surface area contributed by atoms with Gasteiger partial charge in [0.15, 0.2) is 0 Å². The summed E-state index contributed by atoms with van der Waals surface area (Å²) in [6.45, 7) is 0. The minimum absolute atomic E-state index is 0.0102. The van der Waals surface area contributed by atoms with Gasteiger partial charge in [-0.15, -0.1) is 0 Å². The number of nitrogens with one attached hydrogen (secondary N) is 3. The molecule has 1 saturated carbocycles. The van der Waals surface area contributed by atoms with E-state index in [1.807, 2.05) is 18.2 Å². The standard InChI is InChI=1S/C19H17ClN4O3/c20-11-4-5-15-14(7-11)16(10-22-15)24-19(26)18(25)23-12-8-13(9-12)27-17-3-1-2-6-21-17/h1-7,10,12-13,22H,8-9H2,(H,23,25)(H,24,26)/t12-,13-. The lowest BCUT2D eigenvalue weighted by Gasteiger charge is -2.35. The number of anilines is 1. The molecule has 0 saturated heterocycles. The quantitative estimate of drug-likeness (QED) is 0.602. The van der Waals surface area contributed by atoms with Crippen molar-refractivity contribution in [2.45, 2.75) is 25.0 Å². The number of halogens is 1. The van der Waals surface area contributed by atoms with E-state index >= 15 is 0 Å². The number of carbonyl (C=O) groups excluding carboxylic acids is 2. The van der Waals surface area contributed by atoms with Gasteiger partial charge in [0, 0.05) is 53.3 Å². The summed E-state index contributed by atoms with van der Waals surface area (Å²) in [5.41, 5.74) is 1.33. The zero-order valence-electron chi connectivity index (χ0n) is 14.2. The molecule has 2 heterocycles. The summed E-state index contributed by atoms with van der Waals surface area (Å²) in [6, 6.07) is 10.6. The highest BCUT2D eigenvalue weighted by Gasteiger charge is 2.33. The maximum absolute atomic E-state index is 12.2. The third-order valence-corrected chi connectivity index (χ3v) is 4.69. The van der Waals surface area contributed by atoms with Crippen molar-refractivity contribution >= 4 is 40.0 Å². The highest BCUT2D eigenvalue weighted by atomic mass is 35.5. The predicted molar refractivity (Wildman–Crippen MR) is 102 cm³/mol. The van der Waals surface area contributed by atoms with Crippen LogP contribution in [-0.2, 0) is 9.59 Å². The molecule has 4 rings (SSSR count). The van der Waals surface area contributed by atoms with E-state index in [9.17, 15) is 9.59 Å². The first-order chi connectivity index (χ1) is 13.1. The molecule has 138 valence electrons. The van der Waals surface area contributed by atoms with Gasteiger partial charge in [0.2, 0.25) is 5.88 Å². The van der Waals surface area contributed by atoms with E-state index in [0.29, 0.717) is 29.4 Å². The second-order valence-electron chi connectivity index (χ2n) is 6.40. The Hall–Kier alpha value is -3.06. The number of nitrogens with zero attached hydrogens (tertiary/aromatic N) is 1. The fourth-order valence-corrected chi connectivity index (χ4v) is 3.17. The van der Waals surface area contributed by atoms with Crippen LogP contribution in [-0.4, -0.2) is 33.9 Å². The molecule has 8 heteroatoms. The summed E-state index contributed by atoms with van der Waals surface area (Å²) in [6.07, 6.45) is 4.56. The number of benzene rings is 1. The van der Waals surface area contributed by atoms with Crippen molar-refractivity contribution in [3.05, 3.63) is 53.8 Å². The highest BCUT2D eigenvalue weighted by molar-refractivity contribution is 6.40. The molecule has 3 N–H and O–H groups in total. The van der Waals surface area contributed by atoms with Crippen LogP contribution >= 0.6 is 11.6 Å². The Balaban J connectivity index is 1.29. The van der Waals surface area contributed by atoms with Gasteiger partial charge in [-0.2, -0.15) is 0 Å². The molecule has 2 amide bonds. The van der Waals surface area contributed by atoms with Crippen molar-refractivity contribution in [2.75, 3.05) is 5.32 Å². The number of aromatic amines is 1. The molecule has 2 aromatic heterocycles. The Morgan fingerprint density at radius 3 is 2.81 bits per heavy atom. The van der Waals surface area contributed by atoms with Gasteiger partial charge in [-0.25, -0.2) is 4.98 Å². The highest BCUT2D eigenvalue weighted by Crippen LogP contribution is 2.27. The lowest BCUT2D eigenvalue weighted by atomic mass is 9.89. The number of hydrogen-bond donors (Lipinski definition) is 3. The molecule has 1 aliphatic carbocycles. The third kappa shape index (κ3) is 3.88. The minimum atomic E-state index is -0.718. The first-order valence-corrected chi connectivity index (χ1v) is 8.92. The Kier molecular flexibility index (Phi) is 4.68. The lowest BCUT2D eigenvalue weighted by Crippen LogP contribution is -2.51. The number of rotatable bonds is 4. The molecular weight excluding hydrogens is 368 g/mol. The average molecular weight is 385 g/mol. The first kappa shape index (κ1) is 17.4. The summed E-state index contributed by atoms with van der Waals surface area (Å²) >= 11 is 5.99. The molecule has 1 aliphatic rings. The Labute approximate surface area is 160 Å². The number of amides is 2. The van der Waals surface area contributed by atoms with Crippen LogP contribution < -0.4 is 15.4 Å². The largest absolute Gasteiger partial charge is 0.474 e. The number of carbonyl (C=O) groups is 2. The maximum Gasteiger partial charge on any atom is 0.313 e. The zero-order chi connectivity index (χ0) is 18.8. The minimum Gasteiger partial charge on any atom is -0.474 e. The van der Waals surface area contributed by atoms with Gasteiger partial charge in [0.1, 0.15) is 6.10 Å². The Morgan fingerprint density at radius 2 is 2.04 bits per heavy atom.